The van der Waals surface area contributed by atoms with Gasteiger partial charge < -0.3 is 18.9 Å². The molecule has 0 N–H and O–H groups in total. The van der Waals surface area contributed by atoms with Crippen LogP contribution in [0.4, 0.5) is 4.79 Å². The van der Waals surface area contributed by atoms with Gasteiger partial charge in [-0.15, -0.1) is 0 Å². The molecule has 0 aromatic rings. The normalized spacial score (nSPS) is 37.7. The Balaban J connectivity index is 1.28. The third-order valence-electron chi connectivity index (χ3n) is 5.03. The molecule has 4 aliphatic rings. The van der Waals surface area contributed by atoms with Crippen molar-refractivity contribution < 1.29 is 23.7 Å². The van der Waals surface area contributed by atoms with E-state index in [1.807, 2.05) is 13.8 Å². The van der Waals surface area contributed by atoms with Crippen LogP contribution in [0.15, 0.2) is 23.3 Å². The van der Waals surface area contributed by atoms with Gasteiger partial charge in [-0.3, -0.25) is 0 Å². The average Bonchev–Trinajstić information content (AvgIpc) is 3.38. The Bertz CT molecular complexity index is 491. The van der Waals surface area contributed by atoms with Gasteiger partial charge in [0.2, 0.25) is 0 Å². The molecule has 6 unspecified atom stereocenters. The van der Waals surface area contributed by atoms with E-state index in [1.54, 1.807) is 0 Å². The highest BCUT2D eigenvalue weighted by Gasteiger charge is 2.42. The van der Waals surface area contributed by atoms with Gasteiger partial charge in [-0.1, -0.05) is 12.2 Å². The number of epoxide rings is 2. The second-order valence-electron chi connectivity index (χ2n) is 6.61. The van der Waals surface area contributed by atoms with E-state index in [4.69, 9.17) is 18.9 Å². The van der Waals surface area contributed by atoms with Gasteiger partial charge in [0.15, 0.2) is 0 Å². The van der Waals surface area contributed by atoms with E-state index in [-0.39, 0.29) is 24.4 Å². The lowest BCUT2D eigenvalue weighted by Gasteiger charge is -2.21. The molecule has 0 saturated carbocycles. The van der Waals surface area contributed by atoms with E-state index >= 15 is 0 Å². The van der Waals surface area contributed by atoms with Crippen LogP contribution < -0.4 is 0 Å². The van der Waals surface area contributed by atoms with E-state index in [9.17, 15) is 4.79 Å². The number of hydrogen-bond acceptors (Lipinski definition) is 5. The highest BCUT2D eigenvalue weighted by Crippen LogP contribution is 2.37. The molecule has 22 heavy (non-hydrogen) atoms. The third kappa shape index (κ3) is 2.92. The summed E-state index contributed by atoms with van der Waals surface area (Å²) in [6.45, 7) is 3.78. The first kappa shape index (κ1) is 14.3. The number of hydrogen-bond donors (Lipinski definition) is 0. The number of fused-ring (bicyclic) bond motifs is 2. The Kier molecular flexibility index (Phi) is 3.50. The van der Waals surface area contributed by atoms with Crippen LogP contribution in [0.2, 0.25) is 0 Å². The molecule has 0 spiro atoms. The van der Waals surface area contributed by atoms with E-state index in [0.717, 1.165) is 36.8 Å². The molecule has 2 fully saturated rings. The van der Waals surface area contributed by atoms with Gasteiger partial charge in [-0.05, 0) is 50.7 Å². The summed E-state index contributed by atoms with van der Waals surface area (Å²) in [6, 6.07) is 0. The summed E-state index contributed by atoms with van der Waals surface area (Å²) in [5.74, 6) is 0. The Labute approximate surface area is 130 Å². The first-order valence-corrected chi connectivity index (χ1v) is 8.19. The van der Waals surface area contributed by atoms with Crippen LogP contribution in [0.25, 0.3) is 0 Å². The van der Waals surface area contributed by atoms with Crippen molar-refractivity contribution in [3.63, 3.8) is 0 Å². The average molecular weight is 306 g/mol. The third-order valence-corrected chi connectivity index (χ3v) is 5.03. The SMILES string of the molecule is CC(OC(=O)OC(C)C1=CC2OC2CC1)C1=CC2OC2CC1. The minimum absolute atomic E-state index is 0.239. The molecule has 2 aliphatic carbocycles. The monoisotopic (exact) mass is 306 g/mol. The number of rotatable bonds is 4. The van der Waals surface area contributed by atoms with Gasteiger partial charge in [0.25, 0.3) is 0 Å². The van der Waals surface area contributed by atoms with Crippen LogP contribution in [-0.2, 0) is 18.9 Å². The smallest absolute Gasteiger partial charge is 0.427 e. The zero-order valence-corrected chi connectivity index (χ0v) is 13.0. The molecule has 120 valence electrons. The molecule has 2 saturated heterocycles. The van der Waals surface area contributed by atoms with Gasteiger partial charge in [0, 0.05) is 0 Å². The lowest BCUT2D eigenvalue weighted by Crippen LogP contribution is -2.25. The molecular weight excluding hydrogens is 284 g/mol. The second-order valence-corrected chi connectivity index (χ2v) is 6.61. The van der Waals surface area contributed by atoms with Gasteiger partial charge in [-0.25, -0.2) is 4.79 Å². The van der Waals surface area contributed by atoms with Crippen molar-refractivity contribution in [2.24, 2.45) is 0 Å². The first-order valence-electron chi connectivity index (χ1n) is 8.19. The largest absolute Gasteiger partial charge is 0.509 e. The van der Waals surface area contributed by atoms with Gasteiger partial charge in [0.05, 0.1) is 12.2 Å². The Morgan fingerprint density at radius 3 is 1.86 bits per heavy atom. The zero-order chi connectivity index (χ0) is 15.3. The quantitative estimate of drug-likeness (QED) is 0.454. The van der Waals surface area contributed by atoms with E-state index in [0.29, 0.717) is 12.2 Å². The molecule has 0 radical (unpaired) electrons. The summed E-state index contributed by atoms with van der Waals surface area (Å²) in [6.07, 6.45) is 8.25. The number of carbonyl (C=O) groups is 1. The Morgan fingerprint density at radius 2 is 1.45 bits per heavy atom. The summed E-state index contributed by atoms with van der Waals surface area (Å²) in [5, 5.41) is 0. The maximum Gasteiger partial charge on any atom is 0.509 e. The molecule has 6 atom stereocenters. The zero-order valence-electron chi connectivity index (χ0n) is 13.0. The van der Waals surface area contributed by atoms with E-state index < -0.39 is 6.16 Å². The van der Waals surface area contributed by atoms with Gasteiger partial charge >= 0.3 is 6.16 Å². The molecule has 0 bridgehead atoms. The number of carbonyl (C=O) groups excluding carboxylic acids is 1. The Hall–Kier alpha value is -1.33. The summed E-state index contributed by atoms with van der Waals surface area (Å²) in [4.78, 5) is 12.0. The first-order chi connectivity index (χ1) is 10.6. The standard InChI is InChI=1S/C17H22O5/c1-9(11-3-5-13-15(7-11)21-13)19-17(18)20-10(2)12-4-6-14-16(8-12)22-14/h7-10,13-16H,3-6H2,1-2H3. The van der Waals surface area contributed by atoms with Crippen molar-refractivity contribution in [1.29, 1.82) is 0 Å². The van der Waals surface area contributed by atoms with Crippen LogP contribution in [0.5, 0.6) is 0 Å². The molecule has 0 aromatic carbocycles. The van der Waals surface area contributed by atoms with Crippen molar-refractivity contribution in [3.8, 4) is 0 Å². The predicted molar refractivity (Wildman–Crippen MR) is 78.4 cm³/mol. The van der Waals surface area contributed by atoms with E-state index in [1.165, 1.54) is 0 Å². The van der Waals surface area contributed by atoms with Crippen LogP contribution in [0, 0.1) is 0 Å². The Morgan fingerprint density at radius 1 is 1.00 bits per heavy atom. The summed E-state index contributed by atoms with van der Waals surface area (Å²) < 4.78 is 21.7. The molecule has 4 rings (SSSR count). The summed E-state index contributed by atoms with van der Waals surface area (Å²) >= 11 is 0. The van der Waals surface area contributed by atoms with Crippen molar-refractivity contribution >= 4 is 6.16 Å². The lowest BCUT2D eigenvalue weighted by molar-refractivity contribution is 0.0226. The van der Waals surface area contributed by atoms with Crippen LogP contribution in [0.3, 0.4) is 0 Å². The molecule has 2 heterocycles. The highest BCUT2D eigenvalue weighted by molar-refractivity contribution is 5.61. The fraction of sp³-hybridized carbons (Fsp3) is 0.706. The van der Waals surface area contributed by atoms with E-state index in [2.05, 4.69) is 12.2 Å². The maximum atomic E-state index is 12.0. The van der Waals surface area contributed by atoms with Crippen molar-refractivity contribution in [3.05, 3.63) is 23.3 Å². The van der Waals surface area contributed by atoms with Crippen LogP contribution in [0.1, 0.15) is 39.5 Å². The topological polar surface area (TPSA) is 60.6 Å². The minimum Gasteiger partial charge on any atom is -0.427 e. The lowest BCUT2D eigenvalue weighted by atomic mass is 9.96. The van der Waals surface area contributed by atoms with Crippen molar-refractivity contribution in [2.45, 2.75) is 76.2 Å². The summed E-state index contributed by atoms with van der Waals surface area (Å²) in [5.41, 5.74) is 2.27. The molecule has 5 nitrogen and oxygen atoms in total. The molecule has 5 heteroatoms. The van der Waals surface area contributed by atoms with Crippen molar-refractivity contribution in [2.75, 3.05) is 0 Å². The fourth-order valence-electron chi connectivity index (χ4n) is 3.42. The van der Waals surface area contributed by atoms with Crippen molar-refractivity contribution in [1.82, 2.24) is 0 Å². The minimum atomic E-state index is -0.598. The van der Waals surface area contributed by atoms with Crippen LogP contribution in [-0.4, -0.2) is 42.8 Å². The maximum absolute atomic E-state index is 12.0. The summed E-state index contributed by atoms with van der Waals surface area (Å²) in [7, 11) is 0. The molecule has 0 amide bonds. The van der Waals surface area contributed by atoms with Gasteiger partial charge in [-0.2, -0.15) is 0 Å². The molecule has 0 aromatic heterocycles. The second kappa shape index (κ2) is 5.39. The fourth-order valence-corrected chi connectivity index (χ4v) is 3.42. The van der Waals surface area contributed by atoms with Crippen LogP contribution >= 0.6 is 0 Å². The molecular formula is C17H22O5. The predicted octanol–water partition coefficient (Wildman–Crippen LogP) is 2.89. The highest BCUT2D eigenvalue weighted by atomic mass is 16.7. The van der Waals surface area contributed by atoms with Gasteiger partial charge in [0.1, 0.15) is 24.4 Å². The number of ether oxygens (including phenoxy) is 4. The molecule has 2 aliphatic heterocycles.